The number of ether oxygens (including phenoxy) is 1. The monoisotopic (exact) mass is 190 g/mol. The number of fused-ring (bicyclic) bond motifs is 1. The zero-order chi connectivity index (χ0) is 9.38. The molecule has 1 aromatic heterocycles. The maximum Gasteiger partial charge on any atom is 0.0936 e. The number of nitrogens with zero attached hydrogens (tertiary/aromatic N) is 2. The van der Waals surface area contributed by atoms with E-state index in [0.29, 0.717) is 6.10 Å². The molecule has 1 atom stereocenters. The summed E-state index contributed by atoms with van der Waals surface area (Å²) in [5.41, 5.74) is 2.67. The number of hydrogen-bond acceptors (Lipinski definition) is 3. The van der Waals surface area contributed by atoms with Crippen molar-refractivity contribution in [2.24, 2.45) is 0 Å². The molecule has 3 heteroatoms. The highest BCUT2D eigenvalue weighted by Gasteiger charge is 2.27. The zero-order valence-electron chi connectivity index (χ0n) is 8.15. The van der Waals surface area contributed by atoms with Crippen LogP contribution in [0.3, 0.4) is 0 Å². The first-order chi connectivity index (χ1) is 6.92. The molecular formula is C11H14N2O. The summed E-state index contributed by atoms with van der Waals surface area (Å²) < 4.78 is 5.24. The lowest BCUT2D eigenvalue weighted by Crippen LogP contribution is -2.34. The average Bonchev–Trinajstić information content (AvgIpc) is 3.02. The van der Waals surface area contributed by atoms with Gasteiger partial charge >= 0.3 is 0 Å². The van der Waals surface area contributed by atoms with E-state index in [0.717, 1.165) is 32.7 Å². The standard InChI is InChI=1S/C11H14N2O/c1-2-9-3-5-13(6-10-8-14-10)7-11(9)12-4-1/h1-2,4,10H,3,5-8H2. The third-order valence-electron chi connectivity index (χ3n) is 2.92. The van der Waals surface area contributed by atoms with Crippen LogP contribution in [0.2, 0.25) is 0 Å². The summed E-state index contributed by atoms with van der Waals surface area (Å²) in [5, 5.41) is 0. The van der Waals surface area contributed by atoms with Crippen molar-refractivity contribution in [1.29, 1.82) is 0 Å². The molecule has 1 saturated heterocycles. The van der Waals surface area contributed by atoms with E-state index in [1.54, 1.807) is 0 Å². The topological polar surface area (TPSA) is 28.7 Å². The lowest BCUT2D eigenvalue weighted by molar-refractivity contribution is 0.223. The molecule has 0 aromatic carbocycles. The fourth-order valence-electron chi connectivity index (χ4n) is 2.03. The molecule has 0 saturated carbocycles. The van der Waals surface area contributed by atoms with E-state index in [1.165, 1.54) is 11.3 Å². The Morgan fingerprint density at radius 2 is 2.50 bits per heavy atom. The molecule has 3 nitrogen and oxygen atoms in total. The largest absolute Gasteiger partial charge is 0.372 e. The number of epoxide rings is 1. The van der Waals surface area contributed by atoms with E-state index < -0.39 is 0 Å². The first kappa shape index (κ1) is 8.38. The summed E-state index contributed by atoms with van der Waals surface area (Å²) in [5.74, 6) is 0. The molecule has 0 spiro atoms. The molecule has 0 aliphatic carbocycles. The van der Waals surface area contributed by atoms with E-state index in [9.17, 15) is 0 Å². The molecule has 14 heavy (non-hydrogen) atoms. The van der Waals surface area contributed by atoms with Crippen LogP contribution in [0.1, 0.15) is 11.3 Å². The van der Waals surface area contributed by atoms with Gasteiger partial charge < -0.3 is 4.74 Å². The molecule has 1 fully saturated rings. The van der Waals surface area contributed by atoms with Gasteiger partial charge in [-0.05, 0) is 18.1 Å². The van der Waals surface area contributed by atoms with Crippen LogP contribution < -0.4 is 0 Å². The normalized spacial score (nSPS) is 25.9. The smallest absolute Gasteiger partial charge is 0.0936 e. The van der Waals surface area contributed by atoms with Crippen LogP contribution >= 0.6 is 0 Å². The molecule has 0 radical (unpaired) electrons. The Bertz CT molecular complexity index is 336. The van der Waals surface area contributed by atoms with Gasteiger partial charge in [-0.25, -0.2) is 0 Å². The second kappa shape index (κ2) is 3.33. The summed E-state index contributed by atoms with van der Waals surface area (Å²) in [4.78, 5) is 6.85. The van der Waals surface area contributed by atoms with E-state index in [1.807, 2.05) is 12.3 Å². The van der Waals surface area contributed by atoms with Crippen molar-refractivity contribution < 1.29 is 4.74 Å². The Morgan fingerprint density at radius 3 is 3.36 bits per heavy atom. The van der Waals surface area contributed by atoms with Crippen LogP contribution in [0.15, 0.2) is 18.3 Å². The fraction of sp³-hybridized carbons (Fsp3) is 0.545. The van der Waals surface area contributed by atoms with Crippen molar-refractivity contribution in [2.75, 3.05) is 19.7 Å². The van der Waals surface area contributed by atoms with Crippen LogP contribution in [0.4, 0.5) is 0 Å². The van der Waals surface area contributed by atoms with Crippen LogP contribution in [-0.2, 0) is 17.7 Å². The van der Waals surface area contributed by atoms with E-state index >= 15 is 0 Å². The number of aromatic nitrogens is 1. The second-order valence-corrected chi connectivity index (χ2v) is 4.05. The minimum Gasteiger partial charge on any atom is -0.372 e. The van der Waals surface area contributed by atoms with Gasteiger partial charge in [0.15, 0.2) is 0 Å². The first-order valence-electron chi connectivity index (χ1n) is 5.18. The van der Waals surface area contributed by atoms with Gasteiger partial charge in [0.2, 0.25) is 0 Å². The van der Waals surface area contributed by atoms with Crippen molar-refractivity contribution in [2.45, 2.75) is 19.1 Å². The van der Waals surface area contributed by atoms with Crippen LogP contribution in [0.5, 0.6) is 0 Å². The second-order valence-electron chi connectivity index (χ2n) is 4.05. The summed E-state index contributed by atoms with van der Waals surface area (Å²) >= 11 is 0. The van der Waals surface area contributed by atoms with Crippen molar-refractivity contribution >= 4 is 0 Å². The summed E-state index contributed by atoms with van der Waals surface area (Å²) in [6.45, 7) is 4.18. The zero-order valence-corrected chi connectivity index (χ0v) is 8.15. The van der Waals surface area contributed by atoms with E-state index in [4.69, 9.17) is 4.74 Å². The molecule has 3 heterocycles. The van der Waals surface area contributed by atoms with Crippen molar-refractivity contribution in [1.82, 2.24) is 9.88 Å². The SMILES string of the molecule is c1cnc2c(c1)CCN(CC1CO1)C2. The third-order valence-corrected chi connectivity index (χ3v) is 2.92. The lowest BCUT2D eigenvalue weighted by atomic mass is 10.1. The van der Waals surface area contributed by atoms with Gasteiger partial charge in [-0.1, -0.05) is 6.07 Å². The van der Waals surface area contributed by atoms with E-state index in [-0.39, 0.29) is 0 Å². The van der Waals surface area contributed by atoms with Gasteiger partial charge in [0, 0.05) is 25.8 Å². The maximum atomic E-state index is 5.24. The molecule has 0 amide bonds. The van der Waals surface area contributed by atoms with Gasteiger partial charge in [0.05, 0.1) is 18.4 Å². The molecule has 3 rings (SSSR count). The molecular weight excluding hydrogens is 176 g/mol. The first-order valence-corrected chi connectivity index (χ1v) is 5.18. The minimum atomic E-state index is 0.500. The molecule has 1 unspecified atom stereocenters. The van der Waals surface area contributed by atoms with E-state index in [2.05, 4.69) is 16.0 Å². The highest BCUT2D eigenvalue weighted by atomic mass is 16.6. The summed E-state index contributed by atoms with van der Waals surface area (Å²) in [7, 11) is 0. The number of pyridine rings is 1. The Balaban J connectivity index is 1.72. The van der Waals surface area contributed by atoms with Gasteiger partial charge in [-0.2, -0.15) is 0 Å². The van der Waals surface area contributed by atoms with Crippen LogP contribution in [0.25, 0.3) is 0 Å². The summed E-state index contributed by atoms with van der Waals surface area (Å²) in [6.07, 6.45) is 3.52. The Kier molecular flexibility index (Phi) is 2.00. The molecule has 2 aliphatic heterocycles. The van der Waals surface area contributed by atoms with Crippen molar-refractivity contribution in [3.05, 3.63) is 29.6 Å². The average molecular weight is 190 g/mol. The molecule has 1 aromatic rings. The fourth-order valence-corrected chi connectivity index (χ4v) is 2.03. The Labute approximate surface area is 83.7 Å². The Hall–Kier alpha value is -0.930. The lowest BCUT2D eigenvalue weighted by Gasteiger charge is -2.26. The molecule has 2 aliphatic rings. The van der Waals surface area contributed by atoms with Gasteiger partial charge in [-0.15, -0.1) is 0 Å². The van der Waals surface area contributed by atoms with Crippen LogP contribution in [-0.4, -0.2) is 35.7 Å². The Morgan fingerprint density at radius 1 is 1.57 bits per heavy atom. The molecule has 74 valence electrons. The number of rotatable bonds is 2. The van der Waals surface area contributed by atoms with Gasteiger partial charge in [0.25, 0.3) is 0 Å². The number of hydrogen-bond donors (Lipinski definition) is 0. The predicted octanol–water partition coefficient (Wildman–Crippen LogP) is 0.839. The van der Waals surface area contributed by atoms with Crippen molar-refractivity contribution in [3.8, 4) is 0 Å². The summed E-state index contributed by atoms with van der Waals surface area (Å²) in [6, 6.07) is 4.21. The predicted molar refractivity (Wildman–Crippen MR) is 53.0 cm³/mol. The quantitative estimate of drug-likeness (QED) is 0.647. The highest BCUT2D eigenvalue weighted by Crippen LogP contribution is 2.19. The highest BCUT2D eigenvalue weighted by molar-refractivity contribution is 5.22. The maximum absolute atomic E-state index is 5.24. The molecule has 0 bridgehead atoms. The minimum absolute atomic E-state index is 0.500. The van der Waals surface area contributed by atoms with Crippen LogP contribution in [0, 0.1) is 0 Å². The van der Waals surface area contributed by atoms with Crippen molar-refractivity contribution in [3.63, 3.8) is 0 Å². The van der Waals surface area contributed by atoms with Gasteiger partial charge in [0.1, 0.15) is 0 Å². The van der Waals surface area contributed by atoms with Gasteiger partial charge in [-0.3, -0.25) is 9.88 Å². The molecule has 0 N–H and O–H groups in total. The third kappa shape index (κ3) is 1.65.